The highest BCUT2D eigenvalue weighted by Gasteiger charge is 2.14. The largest absolute Gasteiger partial charge is 0.435 e. The summed E-state index contributed by atoms with van der Waals surface area (Å²) in [5.41, 5.74) is 0.829. The fraction of sp³-hybridized carbons (Fsp3) is 0.462. The molecular weight excluding hydrogens is 270 g/mol. The Kier molecular flexibility index (Phi) is 6.33. The third-order valence-corrected chi connectivity index (χ3v) is 2.77. The molecule has 0 aliphatic rings. The number of nitrogens with one attached hydrogen (secondary N) is 2. The smallest absolute Gasteiger partial charge is 0.387 e. The molecule has 2 atom stereocenters. The number of carbonyl (C=O) groups excluding carboxylic acids is 1. The molecule has 7 heteroatoms. The molecular formula is C13H18F2N2O3. The number of hydrogen-bond donors (Lipinski definition) is 3. The summed E-state index contributed by atoms with van der Waals surface area (Å²) in [4.78, 5) is 11.1. The summed E-state index contributed by atoms with van der Waals surface area (Å²) in [7, 11) is 1.44. The summed E-state index contributed by atoms with van der Waals surface area (Å²) in [6.45, 7) is -0.922. The van der Waals surface area contributed by atoms with Gasteiger partial charge in [-0.2, -0.15) is 8.78 Å². The summed E-state index contributed by atoms with van der Waals surface area (Å²) in [5, 5.41) is 14.8. The minimum Gasteiger partial charge on any atom is -0.435 e. The molecule has 0 aliphatic heterocycles. The Hall–Kier alpha value is -1.73. The molecule has 1 amide bonds. The topological polar surface area (TPSA) is 70.6 Å². The van der Waals surface area contributed by atoms with Gasteiger partial charge in [0.2, 0.25) is 5.91 Å². The maximum Gasteiger partial charge on any atom is 0.387 e. The van der Waals surface area contributed by atoms with Crippen LogP contribution in [0.3, 0.4) is 0 Å². The van der Waals surface area contributed by atoms with Crippen molar-refractivity contribution in [2.75, 3.05) is 13.6 Å². The van der Waals surface area contributed by atoms with Gasteiger partial charge in [0.25, 0.3) is 0 Å². The van der Waals surface area contributed by atoms with E-state index in [1.807, 2.05) is 6.92 Å². The van der Waals surface area contributed by atoms with Gasteiger partial charge in [0.1, 0.15) is 11.9 Å². The lowest BCUT2D eigenvalue weighted by molar-refractivity contribution is -0.128. The predicted molar refractivity (Wildman–Crippen MR) is 69.6 cm³/mol. The van der Waals surface area contributed by atoms with Crippen molar-refractivity contribution in [3.8, 4) is 5.75 Å². The first kappa shape index (κ1) is 16.3. The van der Waals surface area contributed by atoms with Crippen LogP contribution < -0.4 is 15.4 Å². The van der Waals surface area contributed by atoms with Crippen molar-refractivity contribution >= 4 is 5.91 Å². The first-order valence-corrected chi connectivity index (χ1v) is 6.12. The van der Waals surface area contributed by atoms with Crippen molar-refractivity contribution in [2.45, 2.75) is 25.7 Å². The molecule has 0 heterocycles. The first-order valence-electron chi connectivity index (χ1n) is 6.12. The molecule has 3 N–H and O–H groups in total. The van der Waals surface area contributed by atoms with Crippen LogP contribution in [0.4, 0.5) is 8.78 Å². The van der Waals surface area contributed by atoms with E-state index in [0.29, 0.717) is 0 Å². The van der Waals surface area contributed by atoms with Crippen LogP contribution in [0.5, 0.6) is 5.75 Å². The van der Waals surface area contributed by atoms with Crippen LogP contribution in [0.15, 0.2) is 24.3 Å². The van der Waals surface area contributed by atoms with Gasteiger partial charge < -0.3 is 20.5 Å². The Bertz CT molecular complexity index is 426. The number of aliphatic hydroxyl groups excluding tert-OH is 1. The van der Waals surface area contributed by atoms with Crippen molar-refractivity contribution in [1.29, 1.82) is 0 Å². The SMILES string of the molecule is CNC(=O)C(O)CN[C@@H](C)c1ccc(OC(F)F)cc1. The summed E-state index contributed by atoms with van der Waals surface area (Å²) in [5.74, 6) is -0.383. The highest BCUT2D eigenvalue weighted by Crippen LogP contribution is 2.19. The molecule has 1 aromatic carbocycles. The average Bonchev–Trinajstić information content (AvgIpc) is 2.43. The average molecular weight is 288 g/mol. The maximum absolute atomic E-state index is 12.0. The number of ether oxygens (including phenoxy) is 1. The first-order chi connectivity index (χ1) is 9.43. The van der Waals surface area contributed by atoms with Crippen molar-refractivity contribution in [1.82, 2.24) is 10.6 Å². The lowest BCUT2D eigenvalue weighted by Crippen LogP contribution is -2.40. The van der Waals surface area contributed by atoms with Gasteiger partial charge in [-0.15, -0.1) is 0 Å². The molecule has 1 aromatic rings. The summed E-state index contributed by atoms with van der Waals surface area (Å²) < 4.78 is 28.2. The van der Waals surface area contributed by atoms with E-state index >= 15 is 0 Å². The number of benzene rings is 1. The van der Waals surface area contributed by atoms with Crippen molar-refractivity contribution in [2.24, 2.45) is 0 Å². The molecule has 1 rings (SSSR count). The second-order valence-corrected chi connectivity index (χ2v) is 4.21. The molecule has 0 saturated heterocycles. The van der Waals surface area contributed by atoms with Crippen LogP contribution in [0, 0.1) is 0 Å². The summed E-state index contributed by atoms with van der Waals surface area (Å²) in [6.07, 6.45) is -1.14. The molecule has 0 radical (unpaired) electrons. The molecule has 0 aromatic heterocycles. The Balaban J connectivity index is 2.51. The van der Waals surface area contributed by atoms with Crippen LogP contribution in [-0.2, 0) is 4.79 Å². The van der Waals surface area contributed by atoms with E-state index in [9.17, 15) is 18.7 Å². The Morgan fingerprint density at radius 2 is 1.95 bits per heavy atom. The second-order valence-electron chi connectivity index (χ2n) is 4.21. The number of alkyl halides is 2. The normalized spacial score (nSPS) is 13.9. The number of likely N-dealkylation sites (N-methyl/N-ethyl adjacent to an activating group) is 1. The molecule has 0 aliphatic carbocycles. The highest BCUT2D eigenvalue weighted by atomic mass is 19.3. The van der Waals surface area contributed by atoms with Gasteiger partial charge in [-0.1, -0.05) is 12.1 Å². The van der Waals surface area contributed by atoms with Crippen molar-refractivity contribution in [3.05, 3.63) is 29.8 Å². The second kappa shape index (κ2) is 7.76. The quantitative estimate of drug-likeness (QED) is 0.701. The van der Waals surface area contributed by atoms with Crippen LogP contribution in [-0.4, -0.2) is 37.3 Å². The van der Waals surface area contributed by atoms with E-state index < -0.39 is 18.6 Å². The molecule has 0 spiro atoms. The fourth-order valence-electron chi connectivity index (χ4n) is 1.60. The van der Waals surface area contributed by atoms with Gasteiger partial charge >= 0.3 is 6.61 Å². The van der Waals surface area contributed by atoms with E-state index in [1.165, 1.54) is 19.2 Å². The number of amides is 1. The van der Waals surface area contributed by atoms with Crippen molar-refractivity contribution in [3.63, 3.8) is 0 Å². The van der Waals surface area contributed by atoms with E-state index in [2.05, 4.69) is 15.4 Å². The molecule has 0 saturated carbocycles. The third kappa shape index (κ3) is 5.10. The third-order valence-electron chi connectivity index (χ3n) is 2.77. The molecule has 5 nitrogen and oxygen atoms in total. The molecule has 20 heavy (non-hydrogen) atoms. The number of rotatable bonds is 7. The predicted octanol–water partition coefficient (Wildman–Crippen LogP) is 1.05. The van der Waals surface area contributed by atoms with Crippen LogP contribution in [0.25, 0.3) is 0 Å². The molecule has 0 fully saturated rings. The minimum atomic E-state index is -2.85. The summed E-state index contributed by atoms with van der Waals surface area (Å²) >= 11 is 0. The van der Waals surface area contributed by atoms with Gasteiger partial charge in [-0.25, -0.2) is 0 Å². The number of aliphatic hydroxyl groups is 1. The van der Waals surface area contributed by atoms with Gasteiger partial charge in [0.05, 0.1) is 0 Å². The zero-order valence-corrected chi connectivity index (χ0v) is 11.3. The standard InChI is InChI=1S/C13H18F2N2O3/c1-8(17-7-11(18)12(19)16-2)9-3-5-10(6-4-9)20-13(14)15/h3-6,8,11,13,17-18H,7H2,1-2H3,(H,16,19)/t8-,11?/m0/s1. The fourth-order valence-corrected chi connectivity index (χ4v) is 1.60. The van der Waals surface area contributed by atoms with Crippen molar-refractivity contribution < 1.29 is 23.4 Å². The zero-order valence-electron chi connectivity index (χ0n) is 11.3. The van der Waals surface area contributed by atoms with E-state index in [4.69, 9.17) is 0 Å². The van der Waals surface area contributed by atoms with Gasteiger partial charge in [-0.05, 0) is 24.6 Å². The minimum absolute atomic E-state index is 0.0846. The van der Waals surface area contributed by atoms with Gasteiger partial charge in [0.15, 0.2) is 0 Å². The summed E-state index contributed by atoms with van der Waals surface area (Å²) in [6, 6.07) is 6.02. The highest BCUT2D eigenvalue weighted by molar-refractivity contribution is 5.80. The monoisotopic (exact) mass is 288 g/mol. The van der Waals surface area contributed by atoms with Crippen LogP contribution >= 0.6 is 0 Å². The number of halogens is 2. The Morgan fingerprint density at radius 1 is 1.35 bits per heavy atom. The van der Waals surface area contributed by atoms with E-state index in [0.717, 1.165) is 5.56 Å². The lowest BCUT2D eigenvalue weighted by atomic mass is 10.1. The molecule has 112 valence electrons. The van der Waals surface area contributed by atoms with Crippen LogP contribution in [0.2, 0.25) is 0 Å². The Labute approximate surface area is 115 Å². The number of hydrogen-bond acceptors (Lipinski definition) is 4. The zero-order chi connectivity index (χ0) is 15.1. The van der Waals surface area contributed by atoms with Gasteiger partial charge in [-0.3, -0.25) is 4.79 Å². The maximum atomic E-state index is 12.0. The molecule has 0 bridgehead atoms. The molecule has 1 unspecified atom stereocenters. The Morgan fingerprint density at radius 3 is 2.45 bits per heavy atom. The lowest BCUT2D eigenvalue weighted by Gasteiger charge is -2.17. The number of carbonyl (C=O) groups is 1. The van der Waals surface area contributed by atoms with Gasteiger partial charge in [0, 0.05) is 19.6 Å². The van der Waals surface area contributed by atoms with E-state index in [1.54, 1.807) is 12.1 Å². The van der Waals surface area contributed by atoms with E-state index in [-0.39, 0.29) is 18.3 Å². The van der Waals surface area contributed by atoms with Crippen LogP contribution in [0.1, 0.15) is 18.5 Å².